The Morgan fingerprint density at radius 2 is 2.15 bits per heavy atom. The summed E-state index contributed by atoms with van der Waals surface area (Å²) < 4.78 is 1.06. The highest BCUT2D eigenvalue weighted by Gasteiger charge is 2.16. The van der Waals surface area contributed by atoms with E-state index >= 15 is 0 Å². The van der Waals surface area contributed by atoms with Crippen LogP contribution in [0.4, 0.5) is 5.69 Å². The first-order chi connectivity index (χ1) is 9.61. The number of benzene rings is 1. The van der Waals surface area contributed by atoms with Crippen LogP contribution in [0.25, 0.3) is 0 Å². The molecule has 0 aliphatic heterocycles. The molecule has 0 aliphatic carbocycles. The van der Waals surface area contributed by atoms with E-state index in [1.165, 1.54) is 0 Å². The number of hydrogen-bond acceptors (Lipinski definition) is 3. The normalized spacial score (nSPS) is 10.3. The Bertz CT molecular complexity index is 597. The van der Waals surface area contributed by atoms with E-state index < -0.39 is 0 Å². The number of thiophene rings is 1. The molecule has 0 fully saturated rings. The van der Waals surface area contributed by atoms with Gasteiger partial charge in [-0.3, -0.25) is 4.79 Å². The number of halogens is 1. The molecule has 0 unspecified atom stereocenters. The summed E-state index contributed by atoms with van der Waals surface area (Å²) in [4.78, 5) is 15.4. The maximum absolute atomic E-state index is 12.5. The lowest BCUT2D eigenvalue weighted by Crippen LogP contribution is -2.26. The van der Waals surface area contributed by atoms with Gasteiger partial charge in [-0.25, -0.2) is 0 Å². The Labute approximate surface area is 131 Å². The Morgan fingerprint density at radius 1 is 1.40 bits per heavy atom. The lowest BCUT2D eigenvalue weighted by Gasteiger charge is -2.18. The second-order valence-electron chi connectivity index (χ2n) is 4.47. The SMILES string of the molecule is CCNc1ccccc1C(=O)N(C)Cc1cc(Br)cs1. The van der Waals surface area contributed by atoms with Gasteiger partial charge in [-0.1, -0.05) is 12.1 Å². The van der Waals surface area contributed by atoms with Gasteiger partial charge in [0.1, 0.15) is 0 Å². The number of hydrogen-bond donors (Lipinski definition) is 1. The van der Waals surface area contributed by atoms with Gasteiger partial charge in [-0.15, -0.1) is 11.3 Å². The molecule has 0 spiro atoms. The van der Waals surface area contributed by atoms with Crippen molar-refractivity contribution in [3.8, 4) is 0 Å². The predicted molar refractivity (Wildman–Crippen MR) is 88.4 cm³/mol. The maximum Gasteiger partial charge on any atom is 0.256 e. The summed E-state index contributed by atoms with van der Waals surface area (Å²) in [6.45, 7) is 3.44. The highest BCUT2D eigenvalue weighted by molar-refractivity contribution is 9.10. The fourth-order valence-electron chi connectivity index (χ4n) is 1.96. The standard InChI is InChI=1S/C15H17BrN2OS/c1-3-17-14-7-5-4-6-13(14)15(19)18(2)9-12-8-11(16)10-20-12/h4-8,10,17H,3,9H2,1-2H3. The van der Waals surface area contributed by atoms with Crippen molar-refractivity contribution in [3.05, 3.63) is 50.6 Å². The largest absolute Gasteiger partial charge is 0.385 e. The van der Waals surface area contributed by atoms with Crippen molar-refractivity contribution in [1.82, 2.24) is 4.90 Å². The molecule has 2 rings (SSSR count). The molecule has 5 heteroatoms. The van der Waals surface area contributed by atoms with Crippen LogP contribution < -0.4 is 5.32 Å². The monoisotopic (exact) mass is 352 g/mol. The van der Waals surface area contributed by atoms with E-state index in [1.54, 1.807) is 16.2 Å². The number of rotatable bonds is 5. The zero-order chi connectivity index (χ0) is 14.5. The van der Waals surface area contributed by atoms with Crippen LogP contribution in [-0.4, -0.2) is 24.4 Å². The van der Waals surface area contributed by atoms with Crippen LogP contribution in [0, 0.1) is 0 Å². The van der Waals surface area contributed by atoms with Crippen molar-refractivity contribution in [2.45, 2.75) is 13.5 Å². The van der Waals surface area contributed by atoms with Crippen molar-refractivity contribution in [1.29, 1.82) is 0 Å². The van der Waals surface area contributed by atoms with Crippen molar-refractivity contribution < 1.29 is 4.79 Å². The molecule has 1 N–H and O–H groups in total. The first kappa shape index (κ1) is 15.1. The molecule has 1 aromatic carbocycles. The molecule has 0 saturated heterocycles. The van der Waals surface area contributed by atoms with Gasteiger partial charge >= 0.3 is 0 Å². The summed E-state index contributed by atoms with van der Waals surface area (Å²) in [5.41, 5.74) is 1.60. The summed E-state index contributed by atoms with van der Waals surface area (Å²) >= 11 is 5.08. The topological polar surface area (TPSA) is 32.3 Å². The molecule has 0 radical (unpaired) electrons. The van der Waals surface area contributed by atoms with Gasteiger partial charge in [-0.2, -0.15) is 0 Å². The molecule has 0 aliphatic rings. The minimum Gasteiger partial charge on any atom is -0.385 e. The third-order valence-corrected chi connectivity index (χ3v) is 4.57. The molecule has 0 saturated carbocycles. The van der Waals surface area contributed by atoms with E-state index in [2.05, 4.69) is 21.2 Å². The van der Waals surface area contributed by atoms with Crippen LogP contribution in [-0.2, 0) is 6.54 Å². The number of amides is 1. The van der Waals surface area contributed by atoms with Crippen molar-refractivity contribution in [2.24, 2.45) is 0 Å². The van der Waals surface area contributed by atoms with E-state index in [0.29, 0.717) is 12.1 Å². The third-order valence-electron chi connectivity index (χ3n) is 2.89. The average molecular weight is 353 g/mol. The molecule has 0 atom stereocenters. The molecule has 0 bridgehead atoms. The number of nitrogens with one attached hydrogen (secondary N) is 1. The minimum absolute atomic E-state index is 0.0334. The summed E-state index contributed by atoms with van der Waals surface area (Å²) in [5, 5.41) is 5.26. The lowest BCUT2D eigenvalue weighted by atomic mass is 10.1. The van der Waals surface area contributed by atoms with Crippen LogP contribution >= 0.6 is 27.3 Å². The Hall–Kier alpha value is -1.33. The molecular formula is C15H17BrN2OS. The summed E-state index contributed by atoms with van der Waals surface area (Å²) in [6.07, 6.45) is 0. The molecule has 20 heavy (non-hydrogen) atoms. The Balaban J connectivity index is 2.14. The van der Waals surface area contributed by atoms with Gasteiger partial charge in [0.25, 0.3) is 5.91 Å². The molecule has 2 aromatic rings. The minimum atomic E-state index is 0.0334. The van der Waals surface area contributed by atoms with Gasteiger partial charge in [0.05, 0.1) is 12.1 Å². The van der Waals surface area contributed by atoms with Crippen molar-refractivity contribution >= 4 is 38.9 Å². The van der Waals surface area contributed by atoms with E-state index in [9.17, 15) is 4.79 Å². The molecule has 1 heterocycles. The summed E-state index contributed by atoms with van der Waals surface area (Å²) in [5.74, 6) is 0.0334. The average Bonchev–Trinajstić information content (AvgIpc) is 2.84. The van der Waals surface area contributed by atoms with Gasteiger partial charge in [-0.05, 0) is 41.1 Å². The highest BCUT2D eigenvalue weighted by atomic mass is 79.9. The second kappa shape index (κ2) is 6.90. The van der Waals surface area contributed by atoms with Gasteiger partial charge in [0, 0.05) is 34.0 Å². The zero-order valence-corrected chi connectivity index (χ0v) is 13.9. The number of carbonyl (C=O) groups excluding carboxylic acids is 1. The van der Waals surface area contributed by atoms with Gasteiger partial charge in [0.15, 0.2) is 0 Å². The first-order valence-electron chi connectivity index (χ1n) is 6.43. The first-order valence-corrected chi connectivity index (χ1v) is 8.10. The van der Waals surface area contributed by atoms with Crippen molar-refractivity contribution in [2.75, 3.05) is 18.9 Å². The lowest BCUT2D eigenvalue weighted by molar-refractivity contribution is 0.0787. The third kappa shape index (κ3) is 3.61. The van der Waals surface area contributed by atoms with E-state index in [-0.39, 0.29) is 5.91 Å². The fraction of sp³-hybridized carbons (Fsp3) is 0.267. The molecule has 1 aromatic heterocycles. The van der Waals surface area contributed by atoms with Crippen LogP contribution in [0.3, 0.4) is 0 Å². The fourth-order valence-corrected chi connectivity index (χ4v) is 3.47. The molecule has 1 amide bonds. The van der Waals surface area contributed by atoms with Crippen molar-refractivity contribution in [3.63, 3.8) is 0 Å². The smallest absolute Gasteiger partial charge is 0.256 e. The van der Waals surface area contributed by atoms with Crippen LogP contribution in [0.15, 0.2) is 40.2 Å². The summed E-state index contributed by atoms with van der Waals surface area (Å²) in [7, 11) is 1.83. The quantitative estimate of drug-likeness (QED) is 0.873. The molecule has 106 valence electrons. The Morgan fingerprint density at radius 3 is 2.80 bits per heavy atom. The van der Waals surface area contributed by atoms with E-state index in [1.807, 2.05) is 49.7 Å². The van der Waals surface area contributed by atoms with Crippen LogP contribution in [0.1, 0.15) is 22.2 Å². The molecule has 3 nitrogen and oxygen atoms in total. The van der Waals surface area contributed by atoms with Crippen LogP contribution in [0.5, 0.6) is 0 Å². The van der Waals surface area contributed by atoms with Gasteiger partial charge < -0.3 is 10.2 Å². The Kier molecular flexibility index (Phi) is 5.20. The molecular weight excluding hydrogens is 336 g/mol. The predicted octanol–water partition coefficient (Wildman–Crippen LogP) is 4.21. The highest BCUT2D eigenvalue weighted by Crippen LogP contribution is 2.22. The summed E-state index contributed by atoms with van der Waals surface area (Å²) in [6, 6.07) is 9.67. The maximum atomic E-state index is 12.5. The zero-order valence-electron chi connectivity index (χ0n) is 11.5. The second-order valence-corrected chi connectivity index (χ2v) is 6.38. The van der Waals surface area contributed by atoms with Gasteiger partial charge in [0.2, 0.25) is 0 Å². The number of carbonyl (C=O) groups is 1. The van der Waals surface area contributed by atoms with E-state index in [0.717, 1.165) is 21.6 Å². The number of nitrogens with zero attached hydrogens (tertiary/aromatic N) is 1. The number of anilines is 1. The van der Waals surface area contributed by atoms with E-state index in [4.69, 9.17) is 0 Å². The van der Waals surface area contributed by atoms with Crippen LogP contribution in [0.2, 0.25) is 0 Å². The number of para-hydroxylation sites is 1.